The first-order valence-electron chi connectivity index (χ1n) is 6.34. The van der Waals surface area contributed by atoms with Gasteiger partial charge in [-0.2, -0.15) is 0 Å². The second kappa shape index (κ2) is 6.66. The summed E-state index contributed by atoms with van der Waals surface area (Å²) in [6.45, 7) is 2.67. The van der Waals surface area contributed by atoms with Crippen LogP contribution in [-0.2, 0) is 0 Å². The molecule has 2 rings (SSSR count). The zero-order valence-electron chi connectivity index (χ0n) is 11.0. The molecule has 0 heterocycles. The van der Waals surface area contributed by atoms with Gasteiger partial charge in [-0.15, -0.1) is 0 Å². The van der Waals surface area contributed by atoms with E-state index in [1.807, 2.05) is 6.92 Å². The third kappa shape index (κ3) is 3.67. The lowest BCUT2D eigenvalue weighted by Crippen LogP contribution is -2.02. The summed E-state index contributed by atoms with van der Waals surface area (Å²) in [4.78, 5) is 12.2. The van der Waals surface area contributed by atoms with E-state index >= 15 is 0 Å². The summed E-state index contributed by atoms with van der Waals surface area (Å²) in [5.41, 5.74) is 0.824. The predicted molar refractivity (Wildman–Crippen MR) is 79.8 cm³/mol. The van der Waals surface area contributed by atoms with E-state index in [1.54, 1.807) is 30.3 Å². The lowest BCUT2D eigenvalue weighted by Gasteiger charge is -2.06. The van der Waals surface area contributed by atoms with Crippen LogP contribution in [0.4, 0.5) is 4.39 Å². The number of rotatable bonds is 5. The van der Waals surface area contributed by atoms with Gasteiger partial charge in [-0.3, -0.25) is 4.79 Å². The molecule has 0 atom stereocenters. The van der Waals surface area contributed by atoms with Gasteiger partial charge in [-0.1, -0.05) is 22.9 Å². The van der Waals surface area contributed by atoms with Crippen LogP contribution in [0.15, 0.2) is 46.9 Å². The fourth-order valence-electron chi connectivity index (χ4n) is 1.77. The van der Waals surface area contributed by atoms with Gasteiger partial charge in [0.1, 0.15) is 11.6 Å². The van der Waals surface area contributed by atoms with Crippen molar-refractivity contribution in [3.63, 3.8) is 0 Å². The van der Waals surface area contributed by atoms with Gasteiger partial charge in [-0.05, 0) is 48.9 Å². The van der Waals surface area contributed by atoms with E-state index in [4.69, 9.17) is 4.74 Å². The molecule has 104 valence electrons. The molecule has 0 aliphatic heterocycles. The van der Waals surface area contributed by atoms with Gasteiger partial charge >= 0.3 is 0 Å². The highest BCUT2D eigenvalue weighted by Gasteiger charge is 2.11. The minimum Gasteiger partial charge on any atom is -0.494 e. The third-order valence-corrected chi connectivity index (χ3v) is 3.17. The second-order valence-electron chi connectivity index (χ2n) is 4.36. The molecular formula is C16H14BrFO2. The number of ether oxygens (including phenoxy) is 1. The van der Waals surface area contributed by atoms with Crippen LogP contribution < -0.4 is 4.74 Å². The van der Waals surface area contributed by atoms with E-state index in [0.29, 0.717) is 22.2 Å². The van der Waals surface area contributed by atoms with E-state index in [1.165, 1.54) is 12.1 Å². The molecule has 4 heteroatoms. The molecule has 0 fully saturated rings. The molecular weight excluding hydrogens is 323 g/mol. The van der Waals surface area contributed by atoms with E-state index < -0.39 is 5.82 Å². The van der Waals surface area contributed by atoms with Crippen LogP contribution in [0.3, 0.4) is 0 Å². The molecule has 0 unspecified atom stereocenters. The Morgan fingerprint density at radius 1 is 1.15 bits per heavy atom. The molecule has 0 saturated carbocycles. The lowest BCUT2D eigenvalue weighted by atomic mass is 10.0. The first kappa shape index (κ1) is 14.7. The van der Waals surface area contributed by atoms with E-state index in [0.717, 1.165) is 12.2 Å². The summed E-state index contributed by atoms with van der Waals surface area (Å²) < 4.78 is 19.3. The Bertz CT molecular complexity index is 588. The highest BCUT2D eigenvalue weighted by atomic mass is 79.9. The Morgan fingerprint density at radius 3 is 2.45 bits per heavy atom. The summed E-state index contributed by atoms with van der Waals surface area (Å²) in [7, 11) is 0. The summed E-state index contributed by atoms with van der Waals surface area (Å²) in [5.74, 6) is 0.0710. The van der Waals surface area contributed by atoms with Crippen molar-refractivity contribution in [1.29, 1.82) is 0 Å². The predicted octanol–water partition coefficient (Wildman–Crippen LogP) is 4.61. The molecule has 0 radical (unpaired) electrons. The number of halogens is 2. The molecule has 0 amide bonds. The van der Waals surface area contributed by atoms with Crippen LogP contribution in [0.5, 0.6) is 5.75 Å². The number of ketones is 1. The topological polar surface area (TPSA) is 26.3 Å². The molecule has 0 saturated heterocycles. The van der Waals surface area contributed by atoms with Gasteiger partial charge in [0.2, 0.25) is 0 Å². The summed E-state index contributed by atoms with van der Waals surface area (Å²) >= 11 is 3.18. The Labute approximate surface area is 125 Å². The number of hydrogen-bond donors (Lipinski definition) is 0. The monoisotopic (exact) mass is 336 g/mol. The van der Waals surface area contributed by atoms with Crippen LogP contribution in [0.1, 0.15) is 29.3 Å². The summed E-state index contributed by atoms with van der Waals surface area (Å²) in [6, 6.07) is 11.0. The maximum absolute atomic E-state index is 13.3. The molecule has 0 bridgehead atoms. The van der Waals surface area contributed by atoms with Crippen LogP contribution >= 0.6 is 15.9 Å². The van der Waals surface area contributed by atoms with Gasteiger partial charge in [0.25, 0.3) is 0 Å². The number of carbonyl (C=O) groups is 1. The molecule has 0 N–H and O–H groups in total. The SMILES string of the molecule is CCCOc1ccc(C(=O)c2cc(F)cc(Br)c2)cc1. The average Bonchev–Trinajstić information content (AvgIpc) is 2.44. The van der Waals surface area contributed by atoms with E-state index in [-0.39, 0.29) is 5.78 Å². The quantitative estimate of drug-likeness (QED) is 0.745. The minimum atomic E-state index is -0.439. The second-order valence-corrected chi connectivity index (χ2v) is 5.28. The maximum atomic E-state index is 13.3. The van der Waals surface area contributed by atoms with Crippen molar-refractivity contribution >= 4 is 21.7 Å². The zero-order chi connectivity index (χ0) is 14.5. The van der Waals surface area contributed by atoms with Crippen molar-refractivity contribution in [1.82, 2.24) is 0 Å². The minimum absolute atomic E-state index is 0.216. The Morgan fingerprint density at radius 2 is 1.85 bits per heavy atom. The summed E-state index contributed by atoms with van der Waals surface area (Å²) in [5, 5.41) is 0. The van der Waals surface area contributed by atoms with Gasteiger partial charge in [0.05, 0.1) is 6.61 Å². The fourth-order valence-corrected chi connectivity index (χ4v) is 2.24. The standard InChI is InChI=1S/C16H14BrFO2/c1-2-7-20-15-5-3-11(4-6-15)16(19)12-8-13(17)10-14(18)9-12/h3-6,8-10H,2,7H2,1H3. The molecule has 0 spiro atoms. The molecule has 20 heavy (non-hydrogen) atoms. The van der Waals surface area contributed by atoms with Gasteiger partial charge in [0, 0.05) is 15.6 Å². The molecule has 2 aromatic rings. The fraction of sp³-hybridized carbons (Fsp3) is 0.188. The molecule has 0 aromatic heterocycles. The van der Waals surface area contributed by atoms with Crippen LogP contribution in [0.25, 0.3) is 0 Å². The first-order valence-corrected chi connectivity index (χ1v) is 7.13. The Kier molecular flexibility index (Phi) is 4.90. The van der Waals surface area contributed by atoms with Crippen LogP contribution in [-0.4, -0.2) is 12.4 Å². The third-order valence-electron chi connectivity index (χ3n) is 2.71. The van der Waals surface area contributed by atoms with E-state index in [9.17, 15) is 9.18 Å². The first-order chi connectivity index (χ1) is 9.60. The summed E-state index contributed by atoms with van der Waals surface area (Å²) in [6.07, 6.45) is 0.929. The zero-order valence-corrected chi connectivity index (χ0v) is 12.6. The van der Waals surface area contributed by atoms with Crippen molar-refractivity contribution in [3.8, 4) is 5.75 Å². The van der Waals surface area contributed by atoms with Crippen molar-refractivity contribution < 1.29 is 13.9 Å². The van der Waals surface area contributed by atoms with Crippen molar-refractivity contribution in [2.45, 2.75) is 13.3 Å². The normalized spacial score (nSPS) is 10.3. The smallest absolute Gasteiger partial charge is 0.193 e. The van der Waals surface area contributed by atoms with Crippen LogP contribution in [0.2, 0.25) is 0 Å². The molecule has 0 aliphatic carbocycles. The van der Waals surface area contributed by atoms with Gasteiger partial charge in [-0.25, -0.2) is 4.39 Å². The Balaban J connectivity index is 2.20. The Hall–Kier alpha value is -1.68. The lowest BCUT2D eigenvalue weighted by molar-refractivity contribution is 0.103. The van der Waals surface area contributed by atoms with Crippen LogP contribution in [0, 0.1) is 5.82 Å². The number of carbonyl (C=O) groups excluding carboxylic acids is 1. The van der Waals surface area contributed by atoms with Gasteiger partial charge in [0.15, 0.2) is 5.78 Å². The maximum Gasteiger partial charge on any atom is 0.193 e. The van der Waals surface area contributed by atoms with Crippen molar-refractivity contribution in [2.24, 2.45) is 0 Å². The van der Waals surface area contributed by atoms with E-state index in [2.05, 4.69) is 15.9 Å². The van der Waals surface area contributed by atoms with Crippen molar-refractivity contribution in [3.05, 3.63) is 63.9 Å². The molecule has 2 aromatic carbocycles. The number of benzene rings is 2. The molecule has 2 nitrogen and oxygen atoms in total. The van der Waals surface area contributed by atoms with Crippen molar-refractivity contribution in [2.75, 3.05) is 6.61 Å². The highest BCUT2D eigenvalue weighted by molar-refractivity contribution is 9.10. The number of hydrogen-bond acceptors (Lipinski definition) is 2. The highest BCUT2D eigenvalue weighted by Crippen LogP contribution is 2.19. The molecule has 0 aliphatic rings. The van der Waals surface area contributed by atoms with Gasteiger partial charge < -0.3 is 4.74 Å². The largest absolute Gasteiger partial charge is 0.494 e. The average molecular weight is 337 g/mol.